The molecule has 0 spiro atoms. The third-order valence-electron chi connectivity index (χ3n) is 3.66. The van der Waals surface area contributed by atoms with Crippen LogP contribution in [0.25, 0.3) is 11.4 Å². The number of anilines is 2. The molecule has 3 heterocycles. The predicted molar refractivity (Wildman–Crippen MR) is 97.7 cm³/mol. The minimum atomic E-state index is -0.526. The van der Waals surface area contributed by atoms with Gasteiger partial charge in [-0.25, -0.2) is 19.6 Å². The standard InChI is InChI=1S/C19H16N4O4/c1-26-18(24)12-6-8-14(21-11-12)15-9-7-13(19(25)27-2)17(22-15)23-16-5-3-4-10-20-16/h3-11H,1-2H3,(H,20,22,23). The number of nitrogens with zero attached hydrogens (tertiary/aromatic N) is 3. The number of rotatable bonds is 5. The highest BCUT2D eigenvalue weighted by Gasteiger charge is 2.16. The van der Waals surface area contributed by atoms with Crippen molar-refractivity contribution in [2.45, 2.75) is 0 Å². The highest BCUT2D eigenvalue weighted by atomic mass is 16.5. The monoisotopic (exact) mass is 364 g/mol. The summed E-state index contributed by atoms with van der Waals surface area (Å²) in [7, 11) is 2.60. The maximum absolute atomic E-state index is 12.0. The van der Waals surface area contributed by atoms with E-state index in [-0.39, 0.29) is 11.4 Å². The van der Waals surface area contributed by atoms with Crippen LogP contribution in [0.2, 0.25) is 0 Å². The third kappa shape index (κ3) is 4.06. The van der Waals surface area contributed by atoms with Crippen molar-refractivity contribution in [1.29, 1.82) is 0 Å². The molecular weight excluding hydrogens is 348 g/mol. The van der Waals surface area contributed by atoms with Gasteiger partial charge >= 0.3 is 11.9 Å². The molecule has 0 bridgehead atoms. The summed E-state index contributed by atoms with van der Waals surface area (Å²) >= 11 is 0. The molecule has 8 heteroatoms. The maximum atomic E-state index is 12.0. The largest absolute Gasteiger partial charge is 0.465 e. The fraction of sp³-hybridized carbons (Fsp3) is 0.105. The summed E-state index contributed by atoms with van der Waals surface area (Å²) in [5, 5.41) is 3.01. The Morgan fingerprint density at radius 2 is 1.67 bits per heavy atom. The zero-order valence-electron chi connectivity index (χ0n) is 14.7. The normalized spacial score (nSPS) is 10.1. The fourth-order valence-electron chi connectivity index (χ4n) is 2.31. The van der Waals surface area contributed by atoms with Gasteiger partial charge in [-0.05, 0) is 36.4 Å². The van der Waals surface area contributed by atoms with Gasteiger partial charge in [0.25, 0.3) is 0 Å². The molecule has 0 saturated carbocycles. The highest BCUT2D eigenvalue weighted by molar-refractivity contribution is 5.95. The molecule has 0 aromatic carbocycles. The average molecular weight is 364 g/mol. The predicted octanol–water partition coefficient (Wildman–Crippen LogP) is 2.86. The Balaban J connectivity index is 1.98. The van der Waals surface area contributed by atoms with E-state index in [0.29, 0.717) is 22.8 Å². The van der Waals surface area contributed by atoms with Crippen LogP contribution in [0.1, 0.15) is 20.7 Å². The number of ether oxygens (including phenoxy) is 2. The smallest absolute Gasteiger partial charge is 0.341 e. The van der Waals surface area contributed by atoms with Crippen LogP contribution in [0.4, 0.5) is 11.6 Å². The van der Waals surface area contributed by atoms with E-state index >= 15 is 0 Å². The summed E-state index contributed by atoms with van der Waals surface area (Å²) in [6, 6.07) is 11.8. The minimum Gasteiger partial charge on any atom is -0.465 e. The van der Waals surface area contributed by atoms with Gasteiger partial charge in [-0.15, -0.1) is 0 Å². The quantitative estimate of drug-likeness (QED) is 0.689. The van der Waals surface area contributed by atoms with E-state index in [1.54, 1.807) is 42.6 Å². The molecule has 0 aliphatic heterocycles. The Morgan fingerprint density at radius 3 is 2.30 bits per heavy atom. The lowest BCUT2D eigenvalue weighted by Crippen LogP contribution is -2.09. The topological polar surface area (TPSA) is 103 Å². The average Bonchev–Trinajstić information content (AvgIpc) is 2.73. The first-order valence-electron chi connectivity index (χ1n) is 7.94. The molecule has 27 heavy (non-hydrogen) atoms. The molecule has 0 atom stereocenters. The number of nitrogens with one attached hydrogen (secondary N) is 1. The Hall–Kier alpha value is -3.81. The SMILES string of the molecule is COC(=O)c1ccc(-c2ccc(C(=O)OC)c(Nc3ccccn3)n2)nc1. The van der Waals surface area contributed by atoms with Gasteiger partial charge in [0.05, 0.1) is 31.2 Å². The first-order valence-corrected chi connectivity index (χ1v) is 7.94. The summed E-state index contributed by atoms with van der Waals surface area (Å²) in [5.41, 5.74) is 1.64. The van der Waals surface area contributed by atoms with Crippen molar-refractivity contribution >= 4 is 23.6 Å². The van der Waals surface area contributed by atoms with Gasteiger partial charge in [0.2, 0.25) is 0 Å². The van der Waals surface area contributed by atoms with Crippen molar-refractivity contribution in [3.63, 3.8) is 0 Å². The number of pyridine rings is 3. The minimum absolute atomic E-state index is 0.262. The number of hydrogen-bond donors (Lipinski definition) is 1. The van der Waals surface area contributed by atoms with E-state index in [0.717, 1.165) is 0 Å². The number of carbonyl (C=O) groups excluding carboxylic acids is 2. The Labute approximate surface area is 155 Å². The molecule has 3 rings (SSSR count). The highest BCUT2D eigenvalue weighted by Crippen LogP contribution is 2.23. The van der Waals surface area contributed by atoms with Crippen molar-refractivity contribution in [1.82, 2.24) is 15.0 Å². The van der Waals surface area contributed by atoms with Gasteiger partial charge in [-0.2, -0.15) is 0 Å². The lowest BCUT2D eigenvalue weighted by atomic mass is 10.1. The Bertz CT molecular complexity index is 959. The molecule has 0 unspecified atom stereocenters. The second kappa shape index (κ2) is 8.05. The van der Waals surface area contributed by atoms with Gasteiger partial charge in [-0.3, -0.25) is 4.98 Å². The zero-order chi connectivity index (χ0) is 19.2. The summed E-state index contributed by atoms with van der Waals surface area (Å²) < 4.78 is 9.47. The lowest BCUT2D eigenvalue weighted by molar-refractivity contribution is 0.0592. The molecular formula is C19H16N4O4. The number of esters is 2. The number of hydrogen-bond acceptors (Lipinski definition) is 8. The number of carbonyl (C=O) groups is 2. The van der Waals surface area contributed by atoms with Gasteiger partial charge in [0.1, 0.15) is 17.2 Å². The van der Waals surface area contributed by atoms with E-state index in [2.05, 4.69) is 25.0 Å². The first-order chi connectivity index (χ1) is 13.1. The van der Waals surface area contributed by atoms with Crippen LogP contribution >= 0.6 is 0 Å². The van der Waals surface area contributed by atoms with Crippen molar-refractivity contribution in [2.75, 3.05) is 19.5 Å². The van der Waals surface area contributed by atoms with Crippen LogP contribution in [0.3, 0.4) is 0 Å². The summed E-state index contributed by atoms with van der Waals surface area (Å²) in [6.07, 6.45) is 3.03. The van der Waals surface area contributed by atoms with Crippen LogP contribution < -0.4 is 5.32 Å². The summed E-state index contributed by atoms with van der Waals surface area (Å²) in [5.74, 6) is -0.180. The lowest BCUT2D eigenvalue weighted by Gasteiger charge is -2.11. The molecule has 0 radical (unpaired) electrons. The Kier molecular flexibility index (Phi) is 5.36. The first kappa shape index (κ1) is 18.0. The molecule has 3 aromatic rings. The van der Waals surface area contributed by atoms with E-state index in [4.69, 9.17) is 4.74 Å². The van der Waals surface area contributed by atoms with Crippen LogP contribution in [0.15, 0.2) is 54.9 Å². The van der Waals surface area contributed by atoms with Gasteiger partial charge < -0.3 is 14.8 Å². The molecule has 0 saturated heterocycles. The number of aromatic nitrogens is 3. The molecule has 8 nitrogen and oxygen atoms in total. The van der Waals surface area contributed by atoms with Crippen LogP contribution in [0.5, 0.6) is 0 Å². The second-order valence-electron chi connectivity index (χ2n) is 5.35. The second-order valence-corrected chi connectivity index (χ2v) is 5.35. The Morgan fingerprint density at radius 1 is 0.889 bits per heavy atom. The van der Waals surface area contributed by atoms with E-state index in [9.17, 15) is 9.59 Å². The zero-order valence-corrected chi connectivity index (χ0v) is 14.7. The van der Waals surface area contributed by atoms with Gasteiger partial charge in [0.15, 0.2) is 0 Å². The maximum Gasteiger partial charge on any atom is 0.341 e. The van der Waals surface area contributed by atoms with Crippen LogP contribution in [0, 0.1) is 0 Å². The number of methoxy groups -OCH3 is 2. The van der Waals surface area contributed by atoms with E-state index in [1.165, 1.54) is 20.4 Å². The van der Waals surface area contributed by atoms with Crippen molar-refractivity contribution in [3.05, 3.63) is 66.0 Å². The van der Waals surface area contributed by atoms with Crippen LogP contribution in [-0.4, -0.2) is 41.1 Å². The van der Waals surface area contributed by atoms with Crippen molar-refractivity contribution in [2.24, 2.45) is 0 Å². The summed E-state index contributed by atoms with van der Waals surface area (Å²) in [6.45, 7) is 0. The third-order valence-corrected chi connectivity index (χ3v) is 3.66. The van der Waals surface area contributed by atoms with Crippen molar-refractivity contribution in [3.8, 4) is 11.4 Å². The molecule has 0 fully saturated rings. The molecule has 136 valence electrons. The van der Waals surface area contributed by atoms with Crippen LogP contribution in [-0.2, 0) is 9.47 Å². The van der Waals surface area contributed by atoms with Gasteiger partial charge in [-0.1, -0.05) is 6.07 Å². The van der Waals surface area contributed by atoms with E-state index in [1.807, 2.05) is 6.07 Å². The molecule has 0 aliphatic carbocycles. The molecule has 0 aliphatic rings. The van der Waals surface area contributed by atoms with Crippen molar-refractivity contribution < 1.29 is 19.1 Å². The van der Waals surface area contributed by atoms with E-state index < -0.39 is 11.9 Å². The fourth-order valence-corrected chi connectivity index (χ4v) is 2.31. The molecule has 1 N–H and O–H groups in total. The molecule has 0 amide bonds. The molecule has 3 aromatic heterocycles. The summed E-state index contributed by atoms with van der Waals surface area (Å²) in [4.78, 5) is 36.4. The van der Waals surface area contributed by atoms with Gasteiger partial charge in [0, 0.05) is 12.4 Å².